The van der Waals surface area contributed by atoms with Crippen molar-refractivity contribution in [3.63, 3.8) is 0 Å². The fourth-order valence-electron chi connectivity index (χ4n) is 4.25. The number of fused-ring (bicyclic) bond motifs is 1. The molecule has 1 saturated heterocycles. The van der Waals surface area contributed by atoms with Gasteiger partial charge in [-0.05, 0) is 60.4 Å². The van der Waals surface area contributed by atoms with Gasteiger partial charge in [0.05, 0.1) is 5.60 Å². The van der Waals surface area contributed by atoms with E-state index in [1.54, 1.807) is 23.5 Å². The summed E-state index contributed by atoms with van der Waals surface area (Å²) in [5.74, 6) is 2.58. The molecule has 128 valence electrons. The maximum Gasteiger partial charge on any atom is 0.115 e. The van der Waals surface area contributed by atoms with Crippen molar-refractivity contribution in [2.45, 2.75) is 29.8 Å². The van der Waals surface area contributed by atoms with Crippen LogP contribution in [0.3, 0.4) is 0 Å². The minimum atomic E-state index is -0.490. The van der Waals surface area contributed by atoms with Crippen LogP contribution in [0.1, 0.15) is 17.7 Å². The highest BCUT2D eigenvalue weighted by Gasteiger charge is 2.48. The van der Waals surface area contributed by atoms with Crippen LogP contribution in [0, 0.1) is 11.8 Å². The first kappa shape index (κ1) is 16.5. The molecule has 0 amide bonds. The molecule has 3 nitrogen and oxygen atoms in total. The number of hydrogen-bond acceptors (Lipinski definition) is 5. The molecule has 1 aromatic heterocycles. The predicted molar refractivity (Wildman–Crippen MR) is 99.6 cm³/mol. The smallest absolute Gasteiger partial charge is 0.115 e. The molecule has 1 aromatic carbocycles. The number of aliphatic hydroxyl groups is 1. The third-order valence-corrected chi connectivity index (χ3v) is 7.25. The fourth-order valence-corrected chi connectivity index (χ4v) is 5.97. The number of phenolic OH excluding ortho intramolecular Hbond substituents is 1. The van der Waals surface area contributed by atoms with Gasteiger partial charge in [-0.3, -0.25) is 4.90 Å². The van der Waals surface area contributed by atoms with Crippen molar-refractivity contribution in [2.24, 2.45) is 11.8 Å². The van der Waals surface area contributed by atoms with Gasteiger partial charge >= 0.3 is 0 Å². The van der Waals surface area contributed by atoms with E-state index in [1.165, 1.54) is 9.77 Å². The van der Waals surface area contributed by atoms with Gasteiger partial charge in [-0.1, -0.05) is 6.07 Å². The van der Waals surface area contributed by atoms with Crippen molar-refractivity contribution < 1.29 is 10.2 Å². The summed E-state index contributed by atoms with van der Waals surface area (Å²) in [6.07, 6.45) is 2.70. The lowest BCUT2D eigenvalue weighted by molar-refractivity contribution is 0.0370. The van der Waals surface area contributed by atoms with Crippen molar-refractivity contribution in [2.75, 3.05) is 19.0 Å². The highest BCUT2D eigenvalue weighted by Crippen LogP contribution is 2.46. The molecule has 2 aromatic rings. The Morgan fingerprint density at radius 3 is 2.46 bits per heavy atom. The molecule has 0 spiro atoms. The summed E-state index contributed by atoms with van der Waals surface area (Å²) in [5, 5.41) is 22.4. The molecule has 4 rings (SSSR count). The monoisotopic (exact) mass is 361 g/mol. The van der Waals surface area contributed by atoms with Crippen molar-refractivity contribution in [1.82, 2.24) is 4.90 Å². The third kappa shape index (κ3) is 3.64. The first-order chi connectivity index (χ1) is 11.6. The molecule has 1 aliphatic carbocycles. The van der Waals surface area contributed by atoms with Gasteiger partial charge in [0.15, 0.2) is 0 Å². The quantitative estimate of drug-likeness (QED) is 0.795. The SMILES string of the molecule is Oc1ccc(SCN2C[C@@H]3C[C@@](O)(Cc4cccs4)C[C@@H]3C2)cc1. The fraction of sp³-hybridized carbons (Fsp3) is 0.474. The summed E-state index contributed by atoms with van der Waals surface area (Å²) >= 11 is 3.57. The number of aromatic hydroxyl groups is 1. The summed E-state index contributed by atoms with van der Waals surface area (Å²) < 4.78 is 0. The molecule has 2 N–H and O–H groups in total. The number of thioether (sulfide) groups is 1. The van der Waals surface area contributed by atoms with E-state index in [0.29, 0.717) is 17.6 Å². The number of rotatable bonds is 5. The molecule has 3 atom stereocenters. The minimum Gasteiger partial charge on any atom is -0.508 e. The highest BCUT2D eigenvalue weighted by molar-refractivity contribution is 7.99. The molecule has 0 radical (unpaired) electrons. The average molecular weight is 362 g/mol. The number of phenols is 1. The second-order valence-corrected chi connectivity index (χ2v) is 9.26. The second kappa shape index (κ2) is 6.71. The lowest BCUT2D eigenvalue weighted by atomic mass is 9.95. The Morgan fingerprint density at radius 2 is 1.83 bits per heavy atom. The first-order valence-electron chi connectivity index (χ1n) is 8.49. The summed E-state index contributed by atoms with van der Waals surface area (Å²) in [6.45, 7) is 2.20. The van der Waals surface area contributed by atoms with Crippen molar-refractivity contribution >= 4 is 23.1 Å². The lowest BCUT2D eigenvalue weighted by Gasteiger charge is -2.25. The molecule has 2 aliphatic rings. The Bertz CT molecular complexity index is 657. The highest BCUT2D eigenvalue weighted by atomic mass is 32.2. The number of nitrogens with zero attached hydrogens (tertiary/aromatic N) is 1. The summed E-state index contributed by atoms with van der Waals surface area (Å²) in [7, 11) is 0. The summed E-state index contributed by atoms with van der Waals surface area (Å²) in [4.78, 5) is 5.01. The predicted octanol–water partition coefficient (Wildman–Crippen LogP) is 3.82. The van der Waals surface area contributed by atoms with Crippen LogP contribution in [0.25, 0.3) is 0 Å². The molecular weight excluding hydrogens is 338 g/mol. The topological polar surface area (TPSA) is 43.7 Å². The molecule has 0 unspecified atom stereocenters. The van der Waals surface area contributed by atoms with Gasteiger partial charge in [0, 0.05) is 35.2 Å². The van der Waals surface area contributed by atoms with E-state index >= 15 is 0 Å². The van der Waals surface area contributed by atoms with E-state index in [2.05, 4.69) is 22.4 Å². The Balaban J connectivity index is 1.29. The minimum absolute atomic E-state index is 0.320. The molecule has 0 bridgehead atoms. The van der Waals surface area contributed by atoms with Crippen LogP contribution in [0.15, 0.2) is 46.7 Å². The van der Waals surface area contributed by atoms with Gasteiger partial charge in [-0.25, -0.2) is 0 Å². The van der Waals surface area contributed by atoms with Gasteiger partial charge in [0.2, 0.25) is 0 Å². The van der Waals surface area contributed by atoms with Crippen LogP contribution in [-0.4, -0.2) is 39.7 Å². The van der Waals surface area contributed by atoms with Crippen molar-refractivity contribution in [3.05, 3.63) is 46.7 Å². The van der Waals surface area contributed by atoms with Crippen LogP contribution in [-0.2, 0) is 6.42 Å². The van der Waals surface area contributed by atoms with Gasteiger partial charge in [0.25, 0.3) is 0 Å². The molecular formula is C19H23NO2S2. The van der Waals surface area contributed by atoms with Crippen LogP contribution in [0.2, 0.25) is 0 Å². The van der Waals surface area contributed by atoms with Gasteiger partial charge < -0.3 is 10.2 Å². The standard InChI is InChI=1S/C19H23NO2S2/c21-16-3-5-17(6-4-16)24-13-20-11-14-8-19(22,9-15(14)12-20)10-18-2-1-7-23-18/h1-7,14-15,21-22H,8-13H2/t14-,15+,19-. The lowest BCUT2D eigenvalue weighted by Crippen LogP contribution is -2.31. The van der Waals surface area contributed by atoms with Gasteiger partial charge in [-0.15, -0.1) is 23.1 Å². The Kier molecular flexibility index (Phi) is 4.60. The molecule has 24 heavy (non-hydrogen) atoms. The van der Waals surface area contributed by atoms with Gasteiger partial charge in [-0.2, -0.15) is 0 Å². The number of thiophene rings is 1. The van der Waals surface area contributed by atoms with E-state index in [0.717, 1.165) is 38.2 Å². The average Bonchev–Trinajstić information content (AvgIpc) is 3.22. The third-order valence-electron chi connectivity index (χ3n) is 5.27. The van der Waals surface area contributed by atoms with Crippen LogP contribution < -0.4 is 0 Å². The number of hydrogen-bond donors (Lipinski definition) is 2. The molecule has 1 saturated carbocycles. The first-order valence-corrected chi connectivity index (χ1v) is 10.4. The molecule has 1 aliphatic heterocycles. The summed E-state index contributed by atoms with van der Waals surface area (Å²) in [6, 6.07) is 11.6. The summed E-state index contributed by atoms with van der Waals surface area (Å²) in [5.41, 5.74) is -0.490. The van der Waals surface area contributed by atoms with Crippen molar-refractivity contribution in [3.8, 4) is 5.75 Å². The number of benzene rings is 1. The molecule has 2 fully saturated rings. The number of likely N-dealkylation sites (tertiary alicyclic amines) is 1. The Morgan fingerprint density at radius 1 is 1.12 bits per heavy atom. The van der Waals surface area contributed by atoms with E-state index in [1.807, 2.05) is 23.9 Å². The zero-order valence-electron chi connectivity index (χ0n) is 13.6. The zero-order valence-corrected chi connectivity index (χ0v) is 15.2. The van der Waals surface area contributed by atoms with Crippen LogP contribution in [0.5, 0.6) is 5.75 Å². The Hall–Kier alpha value is -1.01. The van der Waals surface area contributed by atoms with Crippen LogP contribution >= 0.6 is 23.1 Å². The second-order valence-electron chi connectivity index (χ2n) is 7.21. The maximum absolute atomic E-state index is 10.9. The van der Waals surface area contributed by atoms with E-state index in [4.69, 9.17) is 0 Å². The molecule has 5 heteroatoms. The normalized spacial score (nSPS) is 29.9. The maximum atomic E-state index is 10.9. The van der Waals surface area contributed by atoms with E-state index in [9.17, 15) is 10.2 Å². The van der Waals surface area contributed by atoms with E-state index in [-0.39, 0.29) is 0 Å². The zero-order chi connectivity index (χ0) is 16.6. The van der Waals surface area contributed by atoms with Crippen molar-refractivity contribution in [1.29, 1.82) is 0 Å². The van der Waals surface area contributed by atoms with E-state index < -0.39 is 5.60 Å². The van der Waals surface area contributed by atoms with Gasteiger partial charge in [0.1, 0.15) is 5.75 Å². The largest absolute Gasteiger partial charge is 0.508 e. The Labute approximate surface area is 151 Å². The van der Waals surface area contributed by atoms with Crippen LogP contribution in [0.4, 0.5) is 0 Å². The molecule has 2 heterocycles.